The standard InChI is InChI=1S/C21H17N5O7S2/c1-10(27)33-17(15-7-13-18(35-15)22-23-24(13)2)16-19(28)25-14(9-34-20(16)25)21(29)32-8-11-3-5-12(6-4-11)26(30)31/h3-7,9,16-17,20H,8H2,1-2H3. The third-order valence-electron chi connectivity index (χ3n) is 5.62. The number of aromatic nitrogens is 3. The summed E-state index contributed by atoms with van der Waals surface area (Å²) in [6.45, 7) is 1.18. The van der Waals surface area contributed by atoms with Crippen LogP contribution < -0.4 is 0 Å². The molecule has 1 aromatic carbocycles. The average Bonchev–Trinajstić information content (AvgIpc) is 3.51. The molecule has 35 heavy (non-hydrogen) atoms. The van der Waals surface area contributed by atoms with Gasteiger partial charge >= 0.3 is 11.9 Å². The van der Waals surface area contributed by atoms with E-state index in [0.29, 0.717) is 15.3 Å². The van der Waals surface area contributed by atoms with Crippen molar-refractivity contribution in [3.63, 3.8) is 0 Å². The first-order chi connectivity index (χ1) is 16.7. The summed E-state index contributed by atoms with van der Waals surface area (Å²) >= 11 is 2.57. The highest BCUT2D eigenvalue weighted by Gasteiger charge is 2.58. The van der Waals surface area contributed by atoms with Crippen molar-refractivity contribution in [1.82, 2.24) is 19.9 Å². The number of benzene rings is 1. The Kier molecular flexibility index (Phi) is 5.76. The van der Waals surface area contributed by atoms with Crippen molar-refractivity contribution >= 4 is 57.0 Å². The van der Waals surface area contributed by atoms with Crippen LogP contribution >= 0.6 is 23.1 Å². The van der Waals surface area contributed by atoms with Gasteiger partial charge in [-0.3, -0.25) is 24.6 Å². The Morgan fingerprint density at radius 1 is 1.29 bits per heavy atom. The molecule has 3 aromatic rings. The highest BCUT2D eigenvalue weighted by molar-refractivity contribution is 8.03. The molecule has 0 spiro atoms. The van der Waals surface area contributed by atoms with Gasteiger partial charge in [-0.15, -0.1) is 28.2 Å². The molecule has 3 atom stereocenters. The summed E-state index contributed by atoms with van der Waals surface area (Å²) in [6.07, 6.45) is -0.822. The van der Waals surface area contributed by atoms with Gasteiger partial charge in [-0.25, -0.2) is 9.48 Å². The molecule has 3 unspecified atom stereocenters. The number of β-lactam (4-membered cyclic amide) rings is 1. The summed E-state index contributed by atoms with van der Waals surface area (Å²) in [5.41, 5.74) is 1.37. The zero-order valence-corrected chi connectivity index (χ0v) is 19.9. The lowest BCUT2D eigenvalue weighted by Gasteiger charge is -2.45. The summed E-state index contributed by atoms with van der Waals surface area (Å²) in [7, 11) is 1.74. The quantitative estimate of drug-likeness (QED) is 0.199. The Hall–Kier alpha value is -3.78. The number of nitrogens with zero attached hydrogens (tertiary/aromatic N) is 5. The van der Waals surface area contributed by atoms with E-state index >= 15 is 0 Å². The molecule has 14 heteroatoms. The second kappa shape index (κ2) is 8.78. The molecule has 5 rings (SSSR count). The molecule has 0 radical (unpaired) electrons. The van der Waals surface area contributed by atoms with Gasteiger partial charge in [0.25, 0.3) is 5.69 Å². The first-order valence-corrected chi connectivity index (χ1v) is 12.1. The molecule has 4 heterocycles. The van der Waals surface area contributed by atoms with Crippen LogP contribution in [0.15, 0.2) is 41.4 Å². The Balaban J connectivity index is 1.28. The smallest absolute Gasteiger partial charge is 0.355 e. The maximum atomic E-state index is 13.1. The molecule has 0 bridgehead atoms. The van der Waals surface area contributed by atoms with Gasteiger partial charge in [-0.2, -0.15) is 0 Å². The van der Waals surface area contributed by atoms with E-state index in [1.165, 1.54) is 59.2 Å². The van der Waals surface area contributed by atoms with E-state index in [2.05, 4.69) is 10.3 Å². The van der Waals surface area contributed by atoms with Crippen molar-refractivity contribution < 1.29 is 28.8 Å². The van der Waals surface area contributed by atoms with Crippen LogP contribution in [0.5, 0.6) is 0 Å². The summed E-state index contributed by atoms with van der Waals surface area (Å²) in [5.74, 6) is -2.25. The maximum Gasteiger partial charge on any atom is 0.355 e. The Morgan fingerprint density at radius 3 is 2.69 bits per heavy atom. The van der Waals surface area contributed by atoms with Gasteiger partial charge in [0.05, 0.1) is 15.3 Å². The predicted molar refractivity (Wildman–Crippen MR) is 124 cm³/mol. The second-order valence-corrected chi connectivity index (χ2v) is 9.90. The number of amides is 1. The highest BCUT2D eigenvalue weighted by atomic mass is 32.2. The number of nitro benzene ring substituents is 1. The third kappa shape index (κ3) is 4.04. The highest BCUT2D eigenvalue weighted by Crippen LogP contribution is 2.51. The number of non-ortho nitro benzene ring substituents is 1. The fourth-order valence-corrected chi connectivity index (χ4v) is 6.24. The normalized spacial score (nSPS) is 19.7. The van der Waals surface area contributed by atoms with Gasteiger partial charge in [-0.1, -0.05) is 5.21 Å². The fraction of sp³-hybridized carbons (Fsp3) is 0.286. The van der Waals surface area contributed by atoms with Crippen molar-refractivity contribution in [2.45, 2.75) is 25.0 Å². The molecule has 180 valence electrons. The van der Waals surface area contributed by atoms with Gasteiger partial charge in [-0.05, 0) is 23.8 Å². The van der Waals surface area contributed by atoms with Gasteiger partial charge < -0.3 is 9.47 Å². The minimum absolute atomic E-state index is 0.0666. The molecule has 0 aliphatic carbocycles. The number of hydrogen-bond donors (Lipinski definition) is 0. The van der Waals surface area contributed by atoms with Gasteiger partial charge in [0.1, 0.15) is 23.6 Å². The van der Waals surface area contributed by atoms with Crippen LogP contribution in [0.1, 0.15) is 23.5 Å². The van der Waals surface area contributed by atoms with Crippen LogP contribution in [0.3, 0.4) is 0 Å². The number of fused-ring (bicyclic) bond motifs is 2. The number of nitro groups is 1. The van der Waals surface area contributed by atoms with Crippen molar-refractivity contribution in [3.05, 3.63) is 62.0 Å². The fourth-order valence-electron chi connectivity index (χ4n) is 3.92. The monoisotopic (exact) mass is 515 g/mol. The van der Waals surface area contributed by atoms with Crippen molar-refractivity contribution in [2.24, 2.45) is 13.0 Å². The molecule has 1 saturated heterocycles. The minimum Gasteiger partial charge on any atom is -0.456 e. The first-order valence-electron chi connectivity index (χ1n) is 10.3. The molecular weight excluding hydrogens is 498 g/mol. The Morgan fingerprint density at radius 2 is 2.03 bits per heavy atom. The lowest BCUT2D eigenvalue weighted by molar-refractivity contribution is -0.384. The summed E-state index contributed by atoms with van der Waals surface area (Å²) in [4.78, 5) is 50.6. The van der Waals surface area contributed by atoms with Gasteiger partial charge in [0.15, 0.2) is 10.9 Å². The number of ether oxygens (including phenoxy) is 2. The number of thiophene rings is 1. The van der Waals surface area contributed by atoms with E-state index in [9.17, 15) is 24.5 Å². The zero-order chi connectivity index (χ0) is 24.9. The number of rotatable bonds is 7. The average molecular weight is 516 g/mol. The van der Waals surface area contributed by atoms with Gasteiger partial charge in [0.2, 0.25) is 5.91 Å². The second-order valence-electron chi connectivity index (χ2n) is 7.85. The SMILES string of the molecule is CC(=O)OC(c1cc2c(nnn2C)s1)C1C(=O)N2C(C(=O)OCc3ccc([N+](=O)[O-])cc3)=CSC12. The van der Waals surface area contributed by atoms with E-state index < -0.39 is 34.3 Å². The molecule has 0 N–H and O–H groups in total. The molecule has 0 saturated carbocycles. The van der Waals surface area contributed by atoms with Crippen LogP contribution in [-0.4, -0.2) is 48.0 Å². The largest absolute Gasteiger partial charge is 0.456 e. The predicted octanol–water partition coefficient (Wildman–Crippen LogP) is 2.66. The number of hydrogen-bond acceptors (Lipinski definition) is 11. The third-order valence-corrected chi connectivity index (χ3v) is 7.83. The van der Waals surface area contributed by atoms with Crippen molar-refractivity contribution in [1.29, 1.82) is 0 Å². The van der Waals surface area contributed by atoms with Crippen LogP contribution in [-0.2, 0) is 37.5 Å². The molecule has 2 aliphatic rings. The van der Waals surface area contributed by atoms with Gasteiger partial charge in [0, 0.05) is 31.5 Å². The number of thioether (sulfide) groups is 1. The molecular formula is C21H17N5O7S2. The van der Waals surface area contributed by atoms with Crippen LogP contribution in [0.2, 0.25) is 0 Å². The van der Waals surface area contributed by atoms with E-state index in [-0.39, 0.29) is 23.9 Å². The van der Waals surface area contributed by atoms with E-state index in [1.54, 1.807) is 23.2 Å². The van der Waals surface area contributed by atoms with Crippen molar-refractivity contribution in [3.8, 4) is 0 Å². The topological polar surface area (TPSA) is 147 Å². The minimum atomic E-state index is -0.822. The van der Waals surface area contributed by atoms with Crippen molar-refractivity contribution in [2.75, 3.05) is 0 Å². The van der Waals surface area contributed by atoms with E-state index in [0.717, 1.165) is 5.52 Å². The number of esters is 2. The lowest BCUT2D eigenvalue weighted by Crippen LogP contribution is -2.59. The summed E-state index contributed by atoms with van der Waals surface area (Å²) < 4.78 is 12.5. The first kappa shape index (κ1) is 23.0. The van der Waals surface area contributed by atoms with Crippen LogP contribution in [0.25, 0.3) is 10.3 Å². The number of carbonyl (C=O) groups is 3. The molecule has 2 aromatic heterocycles. The number of carbonyl (C=O) groups excluding carboxylic acids is 3. The molecule has 2 aliphatic heterocycles. The van der Waals surface area contributed by atoms with Crippen LogP contribution in [0, 0.1) is 16.0 Å². The van der Waals surface area contributed by atoms with Crippen LogP contribution in [0.4, 0.5) is 5.69 Å². The Bertz CT molecular complexity index is 1400. The zero-order valence-electron chi connectivity index (χ0n) is 18.3. The van der Waals surface area contributed by atoms with E-state index in [4.69, 9.17) is 9.47 Å². The maximum absolute atomic E-state index is 13.1. The molecule has 12 nitrogen and oxygen atoms in total. The molecule has 1 amide bonds. The van der Waals surface area contributed by atoms with E-state index in [1.807, 2.05) is 0 Å². The number of aryl methyl sites for hydroxylation is 1. The Labute approximate surface area is 205 Å². The molecule has 1 fully saturated rings. The summed E-state index contributed by atoms with van der Waals surface area (Å²) in [6, 6.07) is 7.44. The summed E-state index contributed by atoms with van der Waals surface area (Å²) in [5, 5.41) is 19.9. The lowest BCUT2D eigenvalue weighted by atomic mass is 9.90.